The number of benzene rings is 1. The van der Waals surface area contributed by atoms with Gasteiger partial charge in [0.25, 0.3) is 5.91 Å². The molecule has 0 aromatic heterocycles. The fourth-order valence-corrected chi connectivity index (χ4v) is 4.01. The smallest absolute Gasteiger partial charge is 0.327 e. The number of thioether (sulfide) groups is 1. The Balaban J connectivity index is 2.36. The van der Waals surface area contributed by atoms with Gasteiger partial charge in [0.05, 0.1) is 11.3 Å². The van der Waals surface area contributed by atoms with Crippen LogP contribution in [0.5, 0.6) is 5.75 Å². The largest absolute Gasteiger partial charge is 0.482 e. The number of amides is 1. The number of carbonyl (C=O) groups excluding carboxylic acids is 2. The number of carbonyl (C=O) groups is 4. The molecule has 10 heteroatoms. The maximum absolute atomic E-state index is 12.7. The average Bonchev–Trinajstić information content (AvgIpc) is 2.91. The van der Waals surface area contributed by atoms with E-state index in [1.165, 1.54) is 13.0 Å². The highest BCUT2D eigenvalue weighted by atomic mass is 32.2. The zero-order valence-corrected chi connectivity index (χ0v) is 17.3. The van der Waals surface area contributed by atoms with Gasteiger partial charge in [-0.2, -0.15) is 0 Å². The molecule has 1 fully saturated rings. The molecule has 0 spiro atoms. The summed E-state index contributed by atoms with van der Waals surface area (Å²) >= 11 is 5.99. The van der Waals surface area contributed by atoms with Crippen LogP contribution >= 0.6 is 24.0 Å². The van der Waals surface area contributed by atoms with E-state index in [0.29, 0.717) is 17.7 Å². The van der Waals surface area contributed by atoms with E-state index in [2.05, 4.69) is 0 Å². The molecule has 0 aliphatic carbocycles. The molecule has 2 rings (SSSR count). The summed E-state index contributed by atoms with van der Waals surface area (Å²) in [5.74, 6) is -3.25. The number of para-hydroxylation sites is 1. The topological polar surface area (TPSA) is 121 Å². The van der Waals surface area contributed by atoms with Crippen molar-refractivity contribution in [1.82, 2.24) is 4.90 Å². The maximum atomic E-state index is 12.7. The predicted octanol–water partition coefficient (Wildman–Crippen LogP) is 2.56. The number of ketones is 1. The van der Waals surface area contributed by atoms with Gasteiger partial charge in [0.15, 0.2) is 11.9 Å². The maximum Gasteiger partial charge on any atom is 0.327 e. The van der Waals surface area contributed by atoms with Crippen LogP contribution in [0.4, 0.5) is 0 Å². The van der Waals surface area contributed by atoms with Gasteiger partial charge in [0, 0.05) is 5.56 Å². The number of hydrogen-bond acceptors (Lipinski definition) is 7. The van der Waals surface area contributed by atoms with Gasteiger partial charge >= 0.3 is 11.9 Å². The molecule has 2 unspecified atom stereocenters. The Bertz CT molecular complexity index is 896. The summed E-state index contributed by atoms with van der Waals surface area (Å²) in [5, 5.41) is 18.3. The van der Waals surface area contributed by atoms with Crippen molar-refractivity contribution in [3.63, 3.8) is 0 Å². The molecular formula is C19H19NO7S2. The third kappa shape index (κ3) is 5.42. The minimum atomic E-state index is -1.60. The Morgan fingerprint density at radius 3 is 2.48 bits per heavy atom. The molecule has 1 aromatic carbocycles. The van der Waals surface area contributed by atoms with Crippen molar-refractivity contribution in [2.45, 2.75) is 38.8 Å². The van der Waals surface area contributed by atoms with Gasteiger partial charge in [0.2, 0.25) is 0 Å². The van der Waals surface area contributed by atoms with Crippen LogP contribution in [-0.2, 0) is 19.2 Å². The minimum Gasteiger partial charge on any atom is -0.482 e. The van der Waals surface area contributed by atoms with Crippen LogP contribution in [0.25, 0.3) is 6.08 Å². The fourth-order valence-electron chi connectivity index (χ4n) is 2.66. The van der Waals surface area contributed by atoms with Crippen molar-refractivity contribution in [2.75, 3.05) is 0 Å². The molecule has 1 aliphatic rings. The highest BCUT2D eigenvalue weighted by Gasteiger charge is 2.41. The third-order valence-electron chi connectivity index (χ3n) is 4.09. The van der Waals surface area contributed by atoms with E-state index in [1.54, 1.807) is 24.3 Å². The molecule has 1 aromatic rings. The van der Waals surface area contributed by atoms with Gasteiger partial charge in [-0.3, -0.25) is 19.3 Å². The molecular weight excluding hydrogens is 418 g/mol. The molecule has 0 bridgehead atoms. The number of carboxylic acid groups (broad SMARTS) is 2. The van der Waals surface area contributed by atoms with Crippen LogP contribution in [0.1, 0.15) is 32.3 Å². The summed E-state index contributed by atoms with van der Waals surface area (Å²) in [6.07, 6.45) is 0.555. The van der Waals surface area contributed by atoms with E-state index in [9.17, 15) is 24.3 Å². The lowest BCUT2D eigenvalue weighted by molar-refractivity contribution is -0.150. The second-order valence-corrected chi connectivity index (χ2v) is 7.84. The standard InChI is InChI=1S/C19H19NO7S2/c1-3-13(10(2)21)27-14-7-5-4-6-11(14)8-15-17(24)20(19(28)29-15)12(18(25)26)9-16(22)23/h4-8,12-13H,3,9H2,1-2H3,(H,22,23)(H,25,26)/b15-8-. The molecule has 1 aliphatic heterocycles. The third-order valence-corrected chi connectivity index (χ3v) is 5.42. The summed E-state index contributed by atoms with van der Waals surface area (Å²) in [5.41, 5.74) is 0.512. The Morgan fingerprint density at radius 1 is 1.28 bits per heavy atom. The van der Waals surface area contributed by atoms with Gasteiger partial charge in [-0.05, 0) is 25.5 Å². The first-order chi connectivity index (χ1) is 13.6. The van der Waals surface area contributed by atoms with E-state index < -0.39 is 36.4 Å². The Hall–Kier alpha value is -2.72. The Morgan fingerprint density at radius 2 is 1.93 bits per heavy atom. The van der Waals surface area contributed by atoms with Crippen molar-refractivity contribution in [3.05, 3.63) is 34.7 Å². The van der Waals surface area contributed by atoms with Crippen molar-refractivity contribution in [3.8, 4) is 5.75 Å². The van der Waals surface area contributed by atoms with Crippen molar-refractivity contribution < 1.29 is 34.1 Å². The number of ether oxygens (including phenoxy) is 1. The van der Waals surface area contributed by atoms with Gasteiger partial charge in [-0.25, -0.2) is 4.79 Å². The lowest BCUT2D eigenvalue weighted by Gasteiger charge is -2.21. The molecule has 1 saturated heterocycles. The van der Waals surface area contributed by atoms with Crippen LogP contribution in [0, 0.1) is 0 Å². The fraction of sp³-hybridized carbons (Fsp3) is 0.316. The van der Waals surface area contributed by atoms with Gasteiger partial charge in [-0.15, -0.1) is 0 Å². The van der Waals surface area contributed by atoms with Crippen LogP contribution in [0.15, 0.2) is 29.2 Å². The van der Waals surface area contributed by atoms with E-state index in [4.69, 9.17) is 22.1 Å². The number of Topliss-reactive ketones (excluding diaryl/α,β-unsaturated/α-hetero) is 1. The van der Waals surface area contributed by atoms with Gasteiger partial charge in [-0.1, -0.05) is 49.1 Å². The average molecular weight is 437 g/mol. The minimum absolute atomic E-state index is 0.0385. The van der Waals surface area contributed by atoms with Gasteiger partial charge < -0.3 is 14.9 Å². The van der Waals surface area contributed by atoms with E-state index >= 15 is 0 Å². The number of carboxylic acids is 2. The zero-order valence-electron chi connectivity index (χ0n) is 15.7. The van der Waals surface area contributed by atoms with Crippen LogP contribution < -0.4 is 4.74 Å². The Kier molecular flexibility index (Phi) is 7.52. The van der Waals surface area contributed by atoms with Gasteiger partial charge in [0.1, 0.15) is 16.1 Å². The number of thiocarbonyl (C=S) groups is 1. The molecule has 1 amide bonds. The normalized spacial score (nSPS) is 17.3. The van der Waals surface area contributed by atoms with Crippen LogP contribution in [0.2, 0.25) is 0 Å². The van der Waals surface area contributed by atoms with Crippen molar-refractivity contribution in [2.24, 2.45) is 0 Å². The summed E-state index contributed by atoms with van der Waals surface area (Å²) in [4.78, 5) is 47.8. The molecule has 2 N–H and O–H groups in total. The molecule has 29 heavy (non-hydrogen) atoms. The summed E-state index contributed by atoms with van der Waals surface area (Å²) in [6.45, 7) is 3.24. The predicted molar refractivity (Wildman–Crippen MR) is 111 cm³/mol. The molecule has 0 saturated carbocycles. The first-order valence-electron chi connectivity index (χ1n) is 8.63. The quantitative estimate of drug-likeness (QED) is 0.443. The SMILES string of the molecule is CCC(Oc1ccccc1/C=C1\SC(=S)N(C(CC(=O)O)C(=O)O)C1=O)C(C)=O. The molecule has 1 heterocycles. The number of rotatable bonds is 9. The Labute approximate surface area is 176 Å². The van der Waals surface area contributed by atoms with Crippen molar-refractivity contribution in [1.29, 1.82) is 0 Å². The lowest BCUT2D eigenvalue weighted by atomic mass is 10.1. The van der Waals surface area contributed by atoms with Crippen LogP contribution in [0.3, 0.4) is 0 Å². The van der Waals surface area contributed by atoms with Crippen molar-refractivity contribution >= 4 is 58.0 Å². The zero-order chi connectivity index (χ0) is 21.7. The molecule has 8 nitrogen and oxygen atoms in total. The molecule has 2 atom stereocenters. The lowest BCUT2D eigenvalue weighted by Crippen LogP contribution is -2.45. The van der Waals surface area contributed by atoms with E-state index in [-0.39, 0.29) is 15.0 Å². The number of hydrogen-bond donors (Lipinski definition) is 2. The highest BCUT2D eigenvalue weighted by molar-refractivity contribution is 8.26. The second-order valence-electron chi connectivity index (χ2n) is 6.17. The number of nitrogens with zero attached hydrogens (tertiary/aromatic N) is 1. The molecule has 154 valence electrons. The number of aliphatic carboxylic acids is 2. The second kappa shape index (κ2) is 9.66. The summed E-state index contributed by atoms with van der Waals surface area (Å²) < 4.78 is 5.72. The van der Waals surface area contributed by atoms with E-state index in [0.717, 1.165) is 16.7 Å². The first-order valence-corrected chi connectivity index (χ1v) is 9.86. The van der Waals surface area contributed by atoms with E-state index in [1.807, 2.05) is 6.92 Å². The first kappa shape index (κ1) is 22.6. The van der Waals surface area contributed by atoms with Crippen LogP contribution in [-0.4, -0.2) is 55.2 Å². The highest BCUT2D eigenvalue weighted by Crippen LogP contribution is 2.36. The summed E-state index contributed by atoms with van der Waals surface area (Å²) in [7, 11) is 0. The monoisotopic (exact) mass is 437 g/mol. The summed E-state index contributed by atoms with van der Waals surface area (Å²) in [6, 6.07) is 5.18. The molecule has 0 radical (unpaired) electrons.